The highest BCUT2D eigenvalue weighted by atomic mass is 32.2. The molecule has 0 bridgehead atoms. The first-order valence-electron chi connectivity index (χ1n) is 9.05. The van der Waals surface area contributed by atoms with Crippen LogP contribution in [0.2, 0.25) is 0 Å². The molecule has 1 aromatic rings. The van der Waals surface area contributed by atoms with Gasteiger partial charge in [-0.3, -0.25) is 4.79 Å². The van der Waals surface area contributed by atoms with Crippen LogP contribution in [0.25, 0.3) is 0 Å². The summed E-state index contributed by atoms with van der Waals surface area (Å²) in [5, 5.41) is 8.98. The molecule has 0 aliphatic carbocycles. The van der Waals surface area contributed by atoms with E-state index in [1.54, 1.807) is 13.8 Å². The second-order valence-electron chi connectivity index (χ2n) is 6.89. The summed E-state index contributed by atoms with van der Waals surface area (Å²) in [6.45, 7) is 3.82. The maximum Gasteiger partial charge on any atom is 0.573 e. The van der Waals surface area contributed by atoms with Crippen LogP contribution < -0.4 is 10.2 Å². The summed E-state index contributed by atoms with van der Waals surface area (Å²) in [5.74, 6) is -0.736. The van der Waals surface area contributed by atoms with Gasteiger partial charge in [0.25, 0.3) is 0 Å². The summed E-state index contributed by atoms with van der Waals surface area (Å²) in [5.41, 5.74) is 2.87. The average Bonchev–Trinajstić information content (AvgIpc) is 3.05. The second kappa shape index (κ2) is 8.35. The maximum absolute atomic E-state index is 12.9. The van der Waals surface area contributed by atoms with Crippen molar-refractivity contribution in [1.29, 1.82) is 0 Å². The van der Waals surface area contributed by atoms with Crippen LogP contribution in [0.3, 0.4) is 0 Å². The van der Waals surface area contributed by atoms with Gasteiger partial charge >= 0.3 is 6.36 Å². The minimum absolute atomic E-state index is 0.0338. The lowest BCUT2D eigenvalue weighted by atomic mass is 10.2. The molecule has 2 aliphatic heterocycles. The van der Waals surface area contributed by atoms with E-state index in [1.807, 2.05) is 0 Å². The molecule has 1 N–H and O–H groups in total. The zero-order valence-corrected chi connectivity index (χ0v) is 17.0. The number of hydrazine groups is 1. The van der Waals surface area contributed by atoms with Gasteiger partial charge in [-0.1, -0.05) is 5.22 Å². The van der Waals surface area contributed by atoms with Crippen LogP contribution in [0, 0.1) is 0 Å². The van der Waals surface area contributed by atoms with Crippen LogP contribution in [0.4, 0.5) is 13.2 Å². The lowest BCUT2D eigenvalue weighted by Gasteiger charge is -2.39. The van der Waals surface area contributed by atoms with E-state index < -0.39 is 28.2 Å². The molecule has 0 spiro atoms. The van der Waals surface area contributed by atoms with E-state index in [4.69, 9.17) is 0 Å². The zero-order chi connectivity index (χ0) is 22.1. The number of nitrogens with zero attached hydrogens (tertiary/aromatic N) is 5. The van der Waals surface area contributed by atoms with Crippen molar-refractivity contribution in [1.82, 2.24) is 19.7 Å². The van der Waals surface area contributed by atoms with Gasteiger partial charge in [-0.2, -0.15) is 14.8 Å². The molecule has 0 radical (unpaired) electrons. The summed E-state index contributed by atoms with van der Waals surface area (Å²) >= 11 is 0. The van der Waals surface area contributed by atoms with E-state index in [0.717, 1.165) is 24.3 Å². The van der Waals surface area contributed by atoms with E-state index in [9.17, 15) is 26.4 Å². The number of nitrogens with one attached hydrogen (secondary N) is 1. The van der Waals surface area contributed by atoms with Crippen LogP contribution in [0.1, 0.15) is 13.8 Å². The molecule has 10 nitrogen and oxygen atoms in total. The monoisotopic (exact) mass is 450 g/mol. The average molecular weight is 450 g/mol. The van der Waals surface area contributed by atoms with Gasteiger partial charge in [0.15, 0.2) is 0 Å². The fraction of sp³-hybridized carbons (Fsp3) is 0.562. The van der Waals surface area contributed by atoms with Crippen LogP contribution in [-0.4, -0.2) is 73.4 Å². The Bertz CT molecular complexity index is 909. The first kappa shape index (κ1) is 22.2. The maximum atomic E-state index is 12.9. The van der Waals surface area contributed by atoms with Crippen LogP contribution in [-0.2, 0) is 14.8 Å². The number of piperazine rings is 1. The van der Waals surface area contributed by atoms with Gasteiger partial charge in [-0.25, -0.2) is 8.42 Å². The number of rotatable bonds is 5. The summed E-state index contributed by atoms with van der Waals surface area (Å²) in [6.07, 6.45) is -5.08. The molecular weight excluding hydrogens is 429 g/mol. The van der Waals surface area contributed by atoms with E-state index >= 15 is 0 Å². The number of hydrogen-bond acceptors (Lipinski definition) is 8. The first-order valence-corrected chi connectivity index (χ1v) is 10.5. The Morgan fingerprint density at radius 1 is 1.23 bits per heavy atom. The van der Waals surface area contributed by atoms with Crippen molar-refractivity contribution in [2.24, 2.45) is 10.3 Å². The Kier molecular flexibility index (Phi) is 6.19. The van der Waals surface area contributed by atoms with Gasteiger partial charge < -0.3 is 9.64 Å². The molecule has 1 fully saturated rings. The quantitative estimate of drug-likeness (QED) is 0.726. The van der Waals surface area contributed by atoms with Gasteiger partial charge in [-0.05, 0) is 38.1 Å². The molecule has 30 heavy (non-hydrogen) atoms. The number of halogens is 3. The van der Waals surface area contributed by atoms with Gasteiger partial charge in [0, 0.05) is 25.7 Å². The highest BCUT2D eigenvalue weighted by molar-refractivity contribution is 7.89. The van der Waals surface area contributed by atoms with Gasteiger partial charge in [0.1, 0.15) is 18.5 Å². The van der Waals surface area contributed by atoms with Crippen LogP contribution >= 0.6 is 0 Å². The molecule has 0 saturated carbocycles. The molecule has 1 saturated heterocycles. The number of carbonyl (C=O) groups is 1. The minimum Gasteiger partial charge on any atom is -0.406 e. The van der Waals surface area contributed by atoms with Gasteiger partial charge in [0.2, 0.25) is 15.9 Å². The normalized spacial score (nSPS) is 23.1. The molecule has 2 atom stereocenters. The molecule has 166 valence electrons. The SMILES string of the molecule is CC1N=NN(CC(=O)N2CCN(S(=O)(=O)c3ccc(OC(F)(F)F)cc3)[C@@H](C)C2)N1. The van der Waals surface area contributed by atoms with Crippen molar-refractivity contribution in [3.63, 3.8) is 0 Å². The highest BCUT2D eigenvalue weighted by Gasteiger charge is 2.36. The summed E-state index contributed by atoms with van der Waals surface area (Å²) < 4.78 is 67.6. The summed E-state index contributed by atoms with van der Waals surface area (Å²) in [6, 6.07) is 3.50. The lowest BCUT2D eigenvalue weighted by molar-refractivity contribution is -0.274. The Morgan fingerprint density at radius 2 is 1.90 bits per heavy atom. The van der Waals surface area contributed by atoms with Crippen molar-refractivity contribution >= 4 is 15.9 Å². The van der Waals surface area contributed by atoms with Crippen LogP contribution in [0.5, 0.6) is 5.75 Å². The topological polar surface area (TPSA) is 107 Å². The number of alkyl halides is 3. The van der Waals surface area contributed by atoms with Crippen molar-refractivity contribution < 1.29 is 31.1 Å². The predicted molar refractivity (Wildman–Crippen MR) is 97.2 cm³/mol. The Morgan fingerprint density at radius 3 is 2.43 bits per heavy atom. The molecule has 2 heterocycles. The summed E-state index contributed by atoms with van der Waals surface area (Å²) in [4.78, 5) is 13.8. The third kappa shape index (κ3) is 5.17. The summed E-state index contributed by atoms with van der Waals surface area (Å²) in [7, 11) is -3.95. The van der Waals surface area contributed by atoms with E-state index in [0.29, 0.717) is 0 Å². The van der Waals surface area contributed by atoms with E-state index in [2.05, 4.69) is 20.5 Å². The van der Waals surface area contributed by atoms with Crippen molar-refractivity contribution in [2.45, 2.75) is 37.3 Å². The predicted octanol–water partition coefficient (Wildman–Crippen LogP) is 1.34. The van der Waals surface area contributed by atoms with Crippen molar-refractivity contribution in [2.75, 3.05) is 26.2 Å². The lowest BCUT2D eigenvalue weighted by Crippen LogP contribution is -2.56. The number of benzene rings is 1. The fourth-order valence-electron chi connectivity index (χ4n) is 3.19. The fourth-order valence-corrected chi connectivity index (χ4v) is 4.80. The Hall–Kier alpha value is -2.45. The molecule has 0 aromatic heterocycles. The van der Waals surface area contributed by atoms with E-state index in [-0.39, 0.29) is 43.1 Å². The smallest absolute Gasteiger partial charge is 0.406 e. The number of carbonyl (C=O) groups excluding carboxylic acids is 1. The first-order chi connectivity index (χ1) is 14.0. The molecule has 1 aromatic carbocycles. The zero-order valence-electron chi connectivity index (χ0n) is 16.2. The van der Waals surface area contributed by atoms with Crippen LogP contribution in [0.15, 0.2) is 39.5 Å². The minimum atomic E-state index is -4.86. The van der Waals surface area contributed by atoms with Crippen molar-refractivity contribution in [3.05, 3.63) is 24.3 Å². The number of ether oxygens (including phenoxy) is 1. The molecular formula is C16H21F3N6O4S. The Labute approximate surface area is 171 Å². The molecule has 3 rings (SSSR count). The third-order valence-corrected chi connectivity index (χ3v) is 6.56. The largest absolute Gasteiger partial charge is 0.573 e. The standard InChI is InChI=1S/C16H21F3N6O4S/c1-11-9-23(15(26)10-25-21-12(2)20-22-25)7-8-24(11)30(27,28)14-5-3-13(4-6-14)29-16(17,18)19/h3-6,11-12,21H,7-10H2,1-2H3/t11-,12?/m0/s1. The third-order valence-electron chi connectivity index (χ3n) is 4.54. The Balaban J connectivity index is 1.62. The molecule has 14 heteroatoms. The molecule has 2 aliphatic rings. The number of hydrogen-bond donors (Lipinski definition) is 1. The highest BCUT2D eigenvalue weighted by Crippen LogP contribution is 2.26. The number of amides is 1. The van der Waals surface area contributed by atoms with Crippen molar-refractivity contribution in [3.8, 4) is 5.75 Å². The van der Waals surface area contributed by atoms with Gasteiger partial charge in [0.05, 0.1) is 4.90 Å². The number of sulfonamides is 1. The van der Waals surface area contributed by atoms with Gasteiger partial charge in [-0.15, -0.1) is 18.3 Å². The molecule has 1 unspecified atom stereocenters. The molecule has 1 amide bonds. The second-order valence-corrected chi connectivity index (χ2v) is 8.78. The van der Waals surface area contributed by atoms with E-state index in [1.165, 1.54) is 14.3 Å².